The zero-order chi connectivity index (χ0) is 24.5. The minimum Gasteiger partial charge on any atom is -0.487 e. The summed E-state index contributed by atoms with van der Waals surface area (Å²) in [6, 6.07) is 15.4. The van der Waals surface area contributed by atoms with Gasteiger partial charge in [-0.3, -0.25) is 0 Å². The predicted octanol–water partition coefficient (Wildman–Crippen LogP) is 5.52. The number of hydrogen-bond donors (Lipinski definition) is 2. The van der Waals surface area contributed by atoms with E-state index in [1.165, 1.54) is 0 Å². The van der Waals surface area contributed by atoms with Crippen LogP contribution in [0.15, 0.2) is 48.5 Å². The molecule has 8 nitrogen and oxygen atoms in total. The Hall–Kier alpha value is -3.94. The van der Waals surface area contributed by atoms with Gasteiger partial charge in [-0.05, 0) is 51.0 Å². The number of rotatable bonds is 9. The number of carbonyl (C=O) groups is 2. The van der Waals surface area contributed by atoms with Crippen molar-refractivity contribution in [2.75, 3.05) is 26.3 Å². The molecule has 2 amide bonds. The van der Waals surface area contributed by atoms with E-state index in [0.29, 0.717) is 23.9 Å². The van der Waals surface area contributed by atoms with Crippen LogP contribution in [0.25, 0.3) is 21.9 Å². The highest BCUT2D eigenvalue weighted by molar-refractivity contribution is 6.03. The molecular weight excluding hydrogens is 436 g/mol. The number of amides is 2. The van der Waals surface area contributed by atoms with Crippen molar-refractivity contribution < 1.29 is 28.5 Å². The molecule has 8 heteroatoms. The molecule has 0 fully saturated rings. The van der Waals surface area contributed by atoms with Crippen LogP contribution in [0.3, 0.4) is 0 Å². The zero-order valence-electron chi connectivity index (χ0n) is 19.9. The average molecular weight is 467 g/mol. The van der Waals surface area contributed by atoms with Crippen molar-refractivity contribution in [2.24, 2.45) is 0 Å². The maximum absolute atomic E-state index is 12.5. The maximum atomic E-state index is 12.5. The summed E-state index contributed by atoms with van der Waals surface area (Å²) in [5.41, 5.74) is 1.87. The molecule has 180 valence electrons. The van der Waals surface area contributed by atoms with Gasteiger partial charge in [0.15, 0.2) is 11.5 Å². The summed E-state index contributed by atoms with van der Waals surface area (Å²) in [6.45, 7) is 8.55. The Labute approximate surface area is 199 Å². The van der Waals surface area contributed by atoms with Crippen molar-refractivity contribution in [3.05, 3.63) is 48.5 Å². The maximum Gasteiger partial charge on any atom is 0.412 e. The molecule has 0 saturated carbocycles. The molecule has 0 aliphatic rings. The minimum atomic E-state index is -0.630. The van der Waals surface area contributed by atoms with E-state index in [0.717, 1.165) is 11.1 Å². The van der Waals surface area contributed by atoms with E-state index in [-0.39, 0.29) is 36.2 Å². The number of nitrogens with one attached hydrogen (secondary N) is 2. The highest BCUT2D eigenvalue weighted by Gasteiger charge is 2.28. The molecule has 0 aromatic heterocycles. The fourth-order valence-electron chi connectivity index (χ4n) is 3.49. The van der Waals surface area contributed by atoms with Crippen molar-refractivity contribution in [1.29, 1.82) is 0 Å². The summed E-state index contributed by atoms with van der Waals surface area (Å²) < 4.78 is 23.2. The van der Waals surface area contributed by atoms with Crippen molar-refractivity contribution >= 4 is 23.0 Å². The van der Waals surface area contributed by atoms with Crippen molar-refractivity contribution in [1.82, 2.24) is 10.6 Å². The van der Waals surface area contributed by atoms with Crippen molar-refractivity contribution in [2.45, 2.75) is 27.7 Å². The van der Waals surface area contributed by atoms with Crippen LogP contribution in [-0.2, 0) is 0 Å². The van der Waals surface area contributed by atoms with E-state index < -0.39 is 12.2 Å². The van der Waals surface area contributed by atoms with Crippen LogP contribution in [0.5, 0.6) is 23.0 Å². The molecule has 3 aromatic carbocycles. The van der Waals surface area contributed by atoms with Gasteiger partial charge in [0, 0.05) is 23.9 Å². The zero-order valence-corrected chi connectivity index (χ0v) is 19.9. The van der Waals surface area contributed by atoms with Crippen LogP contribution < -0.4 is 29.6 Å². The summed E-state index contributed by atoms with van der Waals surface area (Å²) in [5, 5.41) is 6.34. The molecule has 34 heavy (non-hydrogen) atoms. The number of ether oxygens (including phenoxy) is 4. The Morgan fingerprint density at radius 3 is 1.68 bits per heavy atom. The second-order valence-corrected chi connectivity index (χ2v) is 7.15. The number of carbonyl (C=O) groups excluding carboxylic acids is 2. The van der Waals surface area contributed by atoms with Gasteiger partial charge in [-0.2, -0.15) is 0 Å². The van der Waals surface area contributed by atoms with Gasteiger partial charge in [0.05, 0.1) is 13.2 Å². The fraction of sp³-hybridized carbons (Fsp3) is 0.308. The molecule has 0 aliphatic carbocycles. The van der Waals surface area contributed by atoms with Crippen LogP contribution in [0.2, 0.25) is 0 Å². The van der Waals surface area contributed by atoms with E-state index in [4.69, 9.17) is 18.9 Å². The largest absolute Gasteiger partial charge is 0.487 e. The molecule has 0 unspecified atom stereocenters. The first kappa shape index (κ1) is 24.7. The second kappa shape index (κ2) is 11.8. The molecule has 0 aliphatic heterocycles. The first-order chi connectivity index (χ1) is 16.5. The standard InChI is InChI=1S/C26H30N2O6/c1-5-27-25(29)33-21-19-15-14-18(17-12-10-9-11-13-17)16-20(19)22(34-26(30)28-6-2)24(32-8-4)23(21)31-7-3/h9-16H,5-8H2,1-4H3,(H,27,29)(H,28,30). The summed E-state index contributed by atoms with van der Waals surface area (Å²) in [4.78, 5) is 24.9. The number of benzene rings is 3. The normalized spacial score (nSPS) is 10.5. The Morgan fingerprint density at radius 2 is 1.18 bits per heavy atom. The third-order valence-electron chi connectivity index (χ3n) is 4.84. The van der Waals surface area contributed by atoms with Crippen LogP contribution in [0, 0.1) is 0 Å². The lowest BCUT2D eigenvalue weighted by Crippen LogP contribution is -2.27. The van der Waals surface area contributed by atoms with Gasteiger partial charge in [0.1, 0.15) is 0 Å². The Balaban J connectivity index is 2.34. The van der Waals surface area contributed by atoms with Crippen LogP contribution in [0.1, 0.15) is 27.7 Å². The Kier molecular flexibility index (Phi) is 8.56. The van der Waals surface area contributed by atoms with Gasteiger partial charge >= 0.3 is 12.2 Å². The number of fused-ring (bicyclic) bond motifs is 1. The summed E-state index contributed by atoms with van der Waals surface area (Å²) in [5.74, 6) is 0.754. The van der Waals surface area contributed by atoms with Gasteiger partial charge in [0.25, 0.3) is 0 Å². The lowest BCUT2D eigenvalue weighted by molar-refractivity contribution is 0.192. The van der Waals surface area contributed by atoms with E-state index in [9.17, 15) is 9.59 Å². The molecule has 2 N–H and O–H groups in total. The third-order valence-corrected chi connectivity index (χ3v) is 4.84. The van der Waals surface area contributed by atoms with Gasteiger partial charge in [0.2, 0.25) is 11.5 Å². The molecule has 0 bridgehead atoms. The predicted molar refractivity (Wildman–Crippen MR) is 131 cm³/mol. The molecule has 0 saturated heterocycles. The highest BCUT2D eigenvalue weighted by atomic mass is 16.6. The smallest absolute Gasteiger partial charge is 0.412 e. The van der Waals surface area contributed by atoms with Crippen LogP contribution in [-0.4, -0.2) is 38.5 Å². The molecule has 3 aromatic rings. The van der Waals surface area contributed by atoms with Crippen LogP contribution >= 0.6 is 0 Å². The van der Waals surface area contributed by atoms with Gasteiger partial charge in [-0.1, -0.05) is 36.4 Å². The van der Waals surface area contributed by atoms with E-state index in [1.54, 1.807) is 27.7 Å². The van der Waals surface area contributed by atoms with Gasteiger partial charge in [-0.15, -0.1) is 0 Å². The van der Waals surface area contributed by atoms with E-state index in [2.05, 4.69) is 10.6 Å². The number of hydrogen-bond acceptors (Lipinski definition) is 6. The van der Waals surface area contributed by atoms with Gasteiger partial charge in [-0.25, -0.2) is 9.59 Å². The lowest BCUT2D eigenvalue weighted by Gasteiger charge is -2.21. The first-order valence-corrected chi connectivity index (χ1v) is 11.4. The van der Waals surface area contributed by atoms with Crippen molar-refractivity contribution in [3.63, 3.8) is 0 Å². The first-order valence-electron chi connectivity index (χ1n) is 11.4. The molecule has 0 radical (unpaired) electrons. The fourth-order valence-corrected chi connectivity index (χ4v) is 3.49. The monoisotopic (exact) mass is 466 g/mol. The van der Waals surface area contributed by atoms with Crippen LogP contribution in [0.4, 0.5) is 9.59 Å². The Morgan fingerprint density at radius 1 is 0.647 bits per heavy atom. The highest BCUT2D eigenvalue weighted by Crippen LogP contribution is 2.52. The third kappa shape index (κ3) is 5.51. The molecule has 0 heterocycles. The Bertz CT molecular complexity index is 1150. The van der Waals surface area contributed by atoms with E-state index in [1.807, 2.05) is 48.5 Å². The quantitative estimate of drug-likeness (QED) is 0.431. The summed E-state index contributed by atoms with van der Waals surface area (Å²) in [6.07, 6.45) is -1.26. The molecule has 0 atom stereocenters. The minimum absolute atomic E-state index is 0.187. The topological polar surface area (TPSA) is 95.1 Å². The summed E-state index contributed by atoms with van der Waals surface area (Å²) >= 11 is 0. The van der Waals surface area contributed by atoms with Crippen molar-refractivity contribution in [3.8, 4) is 34.1 Å². The van der Waals surface area contributed by atoms with E-state index >= 15 is 0 Å². The molecule has 3 rings (SSSR count). The SMILES string of the molecule is CCNC(=O)Oc1c(OCC)c(OCC)c(OC(=O)NCC)c2cc(-c3ccccc3)ccc12. The second-order valence-electron chi connectivity index (χ2n) is 7.15. The molecular formula is C26H30N2O6. The lowest BCUT2D eigenvalue weighted by atomic mass is 9.99. The van der Waals surface area contributed by atoms with Gasteiger partial charge < -0.3 is 29.6 Å². The average Bonchev–Trinajstić information content (AvgIpc) is 2.84. The molecule has 0 spiro atoms. The summed E-state index contributed by atoms with van der Waals surface area (Å²) in [7, 11) is 0.